The third-order valence-electron chi connectivity index (χ3n) is 10.9. The van der Waals surface area contributed by atoms with Crippen molar-refractivity contribution >= 4 is 44.9 Å². The van der Waals surface area contributed by atoms with Crippen LogP contribution >= 0.6 is 10.9 Å². The predicted molar refractivity (Wildman–Crippen MR) is 212 cm³/mol. The second-order valence-electron chi connectivity index (χ2n) is 15.0. The van der Waals surface area contributed by atoms with E-state index in [4.69, 9.17) is 0 Å². The van der Waals surface area contributed by atoms with Crippen molar-refractivity contribution in [2.24, 2.45) is 11.8 Å². The van der Waals surface area contributed by atoms with Gasteiger partial charge in [0.25, 0.3) is 0 Å². The van der Waals surface area contributed by atoms with Gasteiger partial charge in [0.2, 0.25) is 5.78 Å². The Morgan fingerprint density at radius 2 is 1.73 bits per heavy atom. The number of hydrogen-bond acceptors (Lipinski definition) is 7. The van der Waals surface area contributed by atoms with E-state index in [1.165, 1.54) is 55.9 Å². The van der Waals surface area contributed by atoms with Crippen LogP contribution in [0, 0.1) is 23.5 Å². The van der Waals surface area contributed by atoms with E-state index in [1.54, 1.807) is 6.20 Å². The smallest absolute Gasteiger partial charge is 0.201 e. The molecule has 0 aliphatic carbocycles. The van der Waals surface area contributed by atoms with Gasteiger partial charge >= 0.3 is 0 Å². The van der Waals surface area contributed by atoms with Gasteiger partial charge < -0.3 is 19.5 Å². The number of aromatic amines is 1. The number of H-pyrrole nitrogens is 1. The molecule has 11 heteroatoms. The highest BCUT2D eigenvalue weighted by Gasteiger charge is 2.27. The maximum absolute atomic E-state index is 15.8. The zero-order valence-corrected chi connectivity index (χ0v) is 31.3. The summed E-state index contributed by atoms with van der Waals surface area (Å²) in [5.74, 6) is 2.86. The Morgan fingerprint density at radius 1 is 0.981 bits per heavy atom. The fourth-order valence-electron chi connectivity index (χ4n) is 7.96. The molecular weight excluding hydrogens is 677 g/mol. The fourth-order valence-corrected chi connectivity index (χ4v) is 9.26. The molecule has 2 aromatic carbocycles. The average Bonchev–Trinajstić information content (AvgIpc) is 3.71. The minimum Gasteiger partial charge on any atom is -0.372 e. The van der Waals surface area contributed by atoms with Gasteiger partial charge in [-0.15, -0.1) is 0 Å². The van der Waals surface area contributed by atoms with E-state index >= 15 is 8.78 Å². The van der Waals surface area contributed by atoms with Crippen LogP contribution in [-0.4, -0.2) is 101 Å². The number of nitrogens with zero attached hydrogens (tertiary/aromatic N) is 5. The number of nitrogens with one attached hydrogen (secondary N) is 2. The lowest BCUT2D eigenvalue weighted by atomic mass is 9.95. The van der Waals surface area contributed by atoms with Crippen molar-refractivity contribution < 1.29 is 13.6 Å². The number of pyridine rings is 1. The van der Waals surface area contributed by atoms with E-state index in [0.717, 1.165) is 81.9 Å². The molecule has 3 aliphatic rings. The molecule has 0 saturated carbocycles. The lowest BCUT2D eigenvalue weighted by Gasteiger charge is -2.36. The molecule has 0 amide bonds. The average molecular weight is 728 g/mol. The first-order valence-corrected chi connectivity index (χ1v) is 20.0. The van der Waals surface area contributed by atoms with Crippen LogP contribution < -0.4 is 9.62 Å². The number of benzene rings is 2. The van der Waals surface area contributed by atoms with Crippen LogP contribution in [0.4, 0.5) is 20.2 Å². The first-order valence-electron chi connectivity index (χ1n) is 18.6. The molecule has 0 radical (unpaired) electrons. The summed E-state index contributed by atoms with van der Waals surface area (Å²) < 4.78 is 36.2. The molecule has 7 rings (SSSR count). The Bertz CT molecular complexity index is 1940. The molecule has 0 bridgehead atoms. The maximum Gasteiger partial charge on any atom is 0.201 e. The van der Waals surface area contributed by atoms with Gasteiger partial charge in [0.05, 0.1) is 11.3 Å². The first-order chi connectivity index (χ1) is 25.1. The van der Waals surface area contributed by atoms with E-state index in [2.05, 4.69) is 84.3 Å². The molecule has 52 heavy (non-hydrogen) atoms. The topological polar surface area (TPSA) is 70.7 Å². The van der Waals surface area contributed by atoms with Gasteiger partial charge in [-0.05, 0) is 110 Å². The number of ketones is 1. The van der Waals surface area contributed by atoms with Crippen molar-refractivity contribution in [3.05, 3.63) is 89.8 Å². The molecule has 0 spiro atoms. The van der Waals surface area contributed by atoms with Crippen LogP contribution in [0.15, 0.2) is 67.0 Å². The molecule has 2 unspecified atom stereocenters. The first kappa shape index (κ1) is 36.5. The maximum atomic E-state index is 15.8. The third kappa shape index (κ3) is 8.17. The summed E-state index contributed by atoms with van der Waals surface area (Å²) in [5.41, 5.74) is 4.34. The molecule has 2 aromatic heterocycles. The van der Waals surface area contributed by atoms with Gasteiger partial charge in [0.1, 0.15) is 11.5 Å². The van der Waals surface area contributed by atoms with Crippen LogP contribution in [0.1, 0.15) is 55.5 Å². The van der Waals surface area contributed by atoms with Crippen molar-refractivity contribution in [2.75, 3.05) is 75.1 Å². The van der Waals surface area contributed by atoms with Crippen LogP contribution in [0.5, 0.6) is 0 Å². The van der Waals surface area contributed by atoms with Gasteiger partial charge in [-0.3, -0.25) is 9.69 Å². The van der Waals surface area contributed by atoms with Crippen LogP contribution in [0.25, 0.3) is 22.2 Å². The minimum absolute atomic E-state index is 0.0639. The highest BCUT2D eigenvalue weighted by atomic mass is 32.2. The summed E-state index contributed by atoms with van der Waals surface area (Å²) in [7, 11) is -0.714. The number of aromatic nitrogens is 2. The summed E-state index contributed by atoms with van der Waals surface area (Å²) in [6.07, 6.45) is 7.89. The van der Waals surface area contributed by atoms with E-state index in [1.807, 2.05) is 6.07 Å². The number of fused-ring (bicyclic) bond motifs is 1. The van der Waals surface area contributed by atoms with Crippen molar-refractivity contribution in [1.29, 1.82) is 0 Å². The zero-order chi connectivity index (χ0) is 36.4. The van der Waals surface area contributed by atoms with E-state index in [9.17, 15) is 4.79 Å². The Balaban J connectivity index is 0.999. The van der Waals surface area contributed by atoms with Gasteiger partial charge in [-0.2, -0.15) is 0 Å². The van der Waals surface area contributed by atoms with Crippen molar-refractivity contribution in [2.45, 2.75) is 39.5 Å². The van der Waals surface area contributed by atoms with E-state index < -0.39 is 33.8 Å². The Morgan fingerprint density at radius 3 is 2.46 bits per heavy atom. The summed E-state index contributed by atoms with van der Waals surface area (Å²) in [6, 6.07) is 12.8. The lowest BCUT2D eigenvalue weighted by Crippen LogP contribution is -2.40. The highest BCUT2D eigenvalue weighted by molar-refractivity contribution is 8.13. The van der Waals surface area contributed by atoms with E-state index in [0.29, 0.717) is 17.0 Å². The third-order valence-corrected chi connectivity index (χ3v) is 12.3. The van der Waals surface area contributed by atoms with Crippen LogP contribution in [-0.2, 0) is 0 Å². The molecular formula is C41H51F2N7OS. The SMILES string of the molecule is C=C(C)CN1CCCN(CC2CCN(c3ccc(-c4cnc5[nH]cc(C(=O)c6c(F)ccc(NS(=C)N7CCC(C)C7)c6F)c5c4)cc3)CC2)CC1. The normalized spacial score (nSPS) is 20.3. The largest absolute Gasteiger partial charge is 0.372 e. The summed E-state index contributed by atoms with van der Waals surface area (Å²) >= 11 is 0. The molecule has 2 atom stereocenters. The molecule has 276 valence electrons. The van der Waals surface area contributed by atoms with Gasteiger partial charge in [-0.1, -0.05) is 31.2 Å². The standard InChI is InChI=1S/C41H51F2N7OS/c1-28(2)25-47-15-5-16-48(21-20-47)27-30-13-17-49(18-14-30)33-8-6-31(7-9-33)32-22-34-35(24-45-41(34)44-23-32)40(51)38-36(42)10-11-37(39(38)43)46-52(4)50-19-12-29(3)26-50/h6-11,22-24,29-30,46H,1,4-5,12-21,25-27H2,2-3H3,(H,44,45). The van der Waals surface area contributed by atoms with Crippen LogP contribution in [0.2, 0.25) is 0 Å². The molecule has 3 fully saturated rings. The van der Waals surface area contributed by atoms with E-state index in [-0.39, 0.29) is 11.3 Å². The highest BCUT2D eigenvalue weighted by Crippen LogP contribution is 2.34. The number of carbonyl (C=O) groups is 1. The Labute approximate surface area is 309 Å². The fraction of sp³-hybridized carbons (Fsp3) is 0.439. The van der Waals surface area contributed by atoms with Crippen molar-refractivity contribution in [3.8, 4) is 11.1 Å². The number of piperidine rings is 1. The lowest BCUT2D eigenvalue weighted by molar-refractivity contribution is 0.103. The summed E-state index contributed by atoms with van der Waals surface area (Å²) in [5, 5.41) is 0.515. The number of hydrogen-bond donors (Lipinski definition) is 2. The van der Waals surface area contributed by atoms with Crippen molar-refractivity contribution in [1.82, 2.24) is 24.1 Å². The molecule has 3 aliphatic heterocycles. The van der Waals surface area contributed by atoms with Gasteiger partial charge in [0, 0.05) is 87.0 Å². The zero-order valence-electron chi connectivity index (χ0n) is 30.5. The second-order valence-corrected chi connectivity index (χ2v) is 16.5. The number of rotatable bonds is 11. The monoisotopic (exact) mass is 727 g/mol. The van der Waals surface area contributed by atoms with Crippen molar-refractivity contribution in [3.63, 3.8) is 0 Å². The number of carbonyl (C=O) groups excluding carboxylic acids is 1. The quantitative estimate of drug-likeness (QED) is 0.0928. The molecule has 4 aromatic rings. The number of halogens is 2. The molecule has 5 heterocycles. The second kappa shape index (κ2) is 16.0. The van der Waals surface area contributed by atoms with Crippen LogP contribution in [0.3, 0.4) is 0 Å². The summed E-state index contributed by atoms with van der Waals surface area (Å²) in [6.45, 7) is 19.0. The minimum atomic E-state index is -0.913. The number of anilines is 2. The Kier molecular flexibility index (Phi) is 11.2. The molecule has 2 N–H and O–H groups in total. The molecule has 3 saturated heterocycles. The Hall–Kier alpha value is -3.90. The summed E-state index contributed by atoms with van der Waals surface area (Å²) in [4.78, 5) is 29.0. The van der Waals surface area contributed by atoms with Gasteiger partial charge in [-0.25, -0.2) is 18.1 Å². The van der Waals surface area contributed by atoms with Gasteiger partial charge in [0.15, 0.2) is 5.82 Å². The molecule has 8 nitrogen and oxygen atoms in total. The predicted octanol–water partition coefficient (Wildman–Crippen LogP) is 7.82.